The van der Waals surface area contributed by atoms with Crippen molar-refractivity contribution in [2.24, 2.45) is 5.41 Å². The molecule has 1 atom stereocenters. The minimum atomic E-state index is -5.50. The van der Waals surface area contributed by atoms with Gasteiger partial charge in [-0.15, -0.1) is 0 Å². The van der Waals surface area contributed by atoms with Gasteiger partial charge in [0.1, 0.15) is 0 Å². The summed E-state index contributed by atoms with van der Waals surface area (Å²) >= 11 is 0. The predicted octanol–water partition coefficient (Wildman–Crippen LogP) is 3.46. The molecule has 1 saturated heterocycles. The van der Waals surface area contributed by atoms with Crippen LogP contribution in [0, 0.1) is 5.41 Å². The van der Waals surface area contributed by atoms with Crippen LogP contribution in [-0.2, 0) is 16.6 Å². The molecule has 1 heterocycles. The number of alkyl halides is 6. The van der Waals surface area contributed by atoms with E-state index in [0.717, 1.165) is 5.56 Å². The normalized spacial score (nSPS) is 18.4. The maximum atomic E-state index is 13.0. The van der Waals surface area contributed by atoms with Crippen molar-refractivity contribution in [2.45, 2.75) is 24.5 Å². The van der Waals surface area contributed by atoms with Gasteiger partial charge in [0.15, 0.2) is 5.41 Å². The van der Waals surface area contributed by atoms with Crippen LogP contribution in [0.4, 0.5) is 31.1 Å². The van der Waals surface area contributed by atoms with Crippen LogP contribution >= 0.6 is 0 Å². The summed E-state index contributed by atoms with van der Waals surface area (Å²) in [5.74, 6) is 0.282. The third-order valence-corrected chi connectivity index (χ3v) is 5.73. The molecule has 4 nitrogen and oxygen atoms in total. The van der Waals surface area contributed by atoms with Crippen LogP contribution in [0.25, 0.3) is 0 Å². The van der Waals surface area contributed by atoms with Crippen molar-refractivity contribution in [3.63, 3.8) is 0 Å². The van der Waals surface area contributed by atoms with Gasteiger partial charge < -0.3 is 10.2 Å². The second-order valence-electron chi connectivity index (χ2n) is 6.25. The summed E-state index contributed by atoms with van der Waals surface area (Å²) in [5.41, 5.74) is -3.09. The fraction of sp³-hybridized carbons (Fsp3) is 0.562. The first-order valence-corrected chi connectivity index (χ1v) is 9.50. The first kappa shape index (κ1) is 21.5. The molecule has 1 aliphatic heterocycles. The van der Waals surface area contributed by atoms with Crippen molar-refractivity contribution in [3.8, 4) is 0 Å². The lowest BCUT2D eigenvalue weighted by Gasteiger charge is -2.33. The molecule has 1 N–H and O–H groups in total. The predicted molar refractivity (Wildman–Crippen MR) is 87.3 cm³/mol. The fourth-order valence-corrected chi connectivity index (χ4v) is 3.86. The summed E-state index contributed by atoms with van der Waals surface area (Å²) in [7, 11) is -1.33. The zero-order valence-electron chi connectivity index (χ0n) is 14.1. The van der Waals surface area contributed by atoms with Crippen molar-refractivity contribution in [1.82, 2.24) is 10.2 Å². The lowest BCUT2D eigenvalue weighted by atomic mass is 9.85. The van der Waals surface area contributed by atoms with Gasteiger partial charge in [-0.25, -0.2) is 4.79 Å². The number of carbonyl (C=O) groups is 1. The summed E-state index contributed by atoms with van der Waals surface area (Å²) in [4.78, 5) is 12.4. The molecule has 1 aliphatic rings. The Labute approximate surface area is 154 Å². The van der Waals surface area contributed by atoms with E-state index in [1.54, 1.807) is 30.3 Å². The van der Waals surface area contributed by atoms with E-state index in [1.165, 1.54) is 0 Å². The fourth-order valence-electron chi connectivity index (χ4n) is 2.82. The molecule has 0 radical (unpaired) electrons. The van der Waals surface area contributed by atoms with Gasteiger partial charge in [-0.3, -0.25) is 4.21 Å². The smallest absolute Gasteiger partial charge is 0.337 e. The highest BCUT2D eigenvalue weighted by Crippen LogP contribution is 2.55. The molecule has 0 spiro atoms. The largest absolute Gasteiger partial charge is 0.404 e. The number of likely N-dealkylation sites (tertiary alicyclic amines) is 1. The topological polar surface area (TPSA) is 49.4 Å². The van der Waals surface area contributed by atoms with Crippen LogP contribution < -0.4 is 5.32 Å². The monoisotopic (exact) mass is 416 g/mol. The number of halogens is 6. The Morgan fingerprint density at radius 1 is 1.11 bits per heavy atom. The van der Waals surface area contributed by atoms with Gasteiger partial charge in [0.2, 0.25) is 0 Å². The van der Waals surface area contributed by atoms with Crippen LogP contribution in [0.5, 0.6) is 0 Å². The van der Waals surface area contributed by atoms with Crippen molar-refractivity contribution in [3.05, 3.63) is 35.9 Å². The van der Waals surface area contributed by atoms with Crippen molar-refractivity contribution in [2.75, 3.05) is 25.4 Å². The molecule has 1 aromatic carbocycles. The van der Waals surface area contributed by atoms with Crippen LogP contribution in [-0.4, -0.2) is 52.9 Å². The number of urea groups is 1. The van der Waals surface area contributed by atoms with E-state index >= 15 is 0 Å². The van der Waals surface area contributed by atoms with E-state index in [4.69, 9.17) is 0 Å². The van der Waals surface area contributed by atoms with Crippen LogP contribution in [0.15, 0.2) is 30.3 Å². The second-order valence-corrected chi connectivity index (χ2v) is 7.83. The van der Waals surface area contributed by atoms with Gasteiger partial charge in [0.05, 0.1) is 0 Å². The molecule has 1 fully saturated rings. The van der Waals surface area contributed by atoms with Gasteiger partial charge in [0.25, 0.3) is 0 Å². The molecule has 11 heteroatoms. The van der Waals surface area contributed by atoms with Gasteiger partial charge in [-0.2, -0.15) is 26.3 Å². The number of carbonyl (C=O) groups excluding carboxylic acids is 1. The molecule has 0 saturated carbocycles. The van der Waals surface area contributed by atoms with Crippen molar-refractivity contribution >= 4 is 16.8 Å². The number of nitrogens with one attached hydrogen (secondary N) is 1. The SMILES string of the molecule is O=C(NCC[S@](=O)Cc1ccccc1)N1CCC(C(F)(F)F)(C(F)(F)F)C1. The molecule has 2 rings (SSSR count). The zero-order chi connectivity index (χ0) is 20.3. The molecule has 27 heavy (non-hydrogen) atoms. The molecule has 152 valence electrons. The van der Waals surface area contributed by atoms with E-state index < -0.39 is 54.1 Å². The molecule has 1 aromatic rings. The summed E-state index contributed by atoms with van der Waals surface area (Å²) in [5, 5.41) is 2.24. The third kappa shape index (κ3) is 4.94. The number of amides is 2. The van der Waals surface area contributed by atoms with E-state index in [1.807, 2.05) is 0 Å². The van der Waals surface area contributed by atoms with E-state index in [-0.39, 0.29) is 18.1 Å². The summed E-state index contributed by atoms with van der Waals surface area (Å²) in [6.07, 6.45) is -12.2. The summed E-state index contributed by atoms with van der Waals surface area (Å²) in [6.45, 7) is -2.24. The molecular weight excluding hydrogens is 398 g/mol. The Morgan fingerprint density at radius 2 is 1.70 bits per heavy atom. The first-order chi connectivity index (χ1) is 12.5. The average Bonchev–Trinajstić information content (AvgIpc) is 3.02. The lowest BCUT2D eigenvalue weighted by Crippen LogP contribution is -2.53. The Kier molecular flexibility index (Phi) is 6.43. The number of rotatable bonds is 5. The molecule has 0 bridgehead atoms. The van der Waals surface area contributed by atoms with Crippen LogP contribution in [0.2, 0.25) is 0 Å². The molecule has 0 unspecified atom stereocenters. The Bertz CT molecular complexity index is 664. The maximum absolute atomic E-state index is 13.0. The maximum Gasteiger partial charge on any atom is 0.404 e. The number of nitrogens with zero attached hydrogens (tertiary/aromatic N) is 1. The number of hydrogen-bond acceptors (Lipinski definition) is 2. The Morgan fingerprint density at radius 3 is 2.22 bits per heavy atom. The molecular formula is C16H18F6N2O2S. The van der Waals surface area contributed by atoms with E-state index in [0.29, 0.717) is 4.90 Å². The number of hydrogen-bond donors (Lipinski definition) is 1. The van der Waals surface area contributed by atoms with E-state index in [9.17, 15) is 35.3 Å². The highest BCUT2D eigenvalue weighted by molar-refractivity contribution is 7.84. The van der Waals surface area contributed by atoms with Crippen molar-refractivity contribution in [1.29, 1.82) is 0 Å². The van der Waals surface area contributed by atoms with Crippen LogP contribution in [0.1, 0.15) is 12.0 Å². The zero-order valence-corrected chi connectivity index (χ0v) is 14.9. The summed E-state index contributed by atoms with van der Waals surface area (Å²) < 4.78 is 89.9. The second kappa shape index (κ2) is 8.07. The van der Waals surface area contributed by atoms with Gasteiger partial charge in [-0.1, -0.05) is 30.3 Å². The minimum Gasteiger partial charge on any atom is -0.337 e. The van der Waals surface area contributed by atoms with Crippen LogP contribution in [0.3, 0.4) is 0 Å². The highest BCUT2D eigenvalue weighted by atomic mass is 32.2. The summed E-state index contributed by atoms with van der Waals surface area (Å²) in [6, 6.07) is 7.86. The molecule has 0 aliphatic carbocycles. The first-order valence-electron chi connectivity index (χ1n) is 8.01. The lowest BCUT2D eigenvalue weighted by molar-refractivity contribution is -0.334. The number of benzene rings is 1. The van der Waals surface area contributed by atoms with Crippen molar-refractivity contribution < 1.29 is 35.3 Å². The standard InChI is InChI=1S/C16H18F6N2O2S/c17-15(18,19)14(16(20,21)22)6-8-24(11-14)13(25)23-7-9-27(26)10-12-4-2-1-3-5-12/h1-5H,6-11H2,(H,23,25)/t27-/m0/s1. The minimum absolute atomic E-state index is 0.0398. The highest BCUT2D eigenvalue weighted by Gasteiger charge is 2.72. The van der Waals surface area contributed by atoms with Gasteiger partial charge in [-0.05, 0) is 12.0 Å². The van der Waals surface area contributed by atoms with E-state index in [2.05, 4.69) is 5.32 Å². The quantitative estimate of drug-likeness (QED) is 0.748. The third-order valence-electron chi connectivity index (χ3n) is 4.42. The average molecular weight is 416 g/mol. The molecule has 2 amide bonds. The Hall–Kier alpha value is -1.78. The van der Waals surface area contributed by atoms with Gasteiger partial charge in [0, 0.05) is 41.9 Å². The Balaban J connectivity index is 1.86. The molecule has 0 aromatic heterocycles. The van der Waals surface area contributed by atoms with Gasteiger partial charge >= 0.3 is 18.4 Å².